The first-order chi connectivity index (χ1) is 7.39. The highest BCUT2D eigenvalue weighted by Gasteiger charge is 2.59. The number of hydrogen-bond donors (Lipinski definition) is 2. The van der Waals surface area contributed by atoms with E-state index in [1.807, 2.05) is 0 Å². The molecule has 0 aromatic rings. The zero-order valence-corrected chi connectivity index (χ0v) is 11.1. The van der Waals surface area contributed by atoms with Crippen molar-refractivity contribution in [1.29, 1.82) is 0 Å². The van der Waals surface area contributed by atoms with Crippen LogP contribution < -0.4 is 4.90 Å². The molecule has 0 aromatic carbocycles. The normalized spacial score (nSPS) is 43.5. The molecule has 2 rings (SSSR count). The van der Waals surface area contributed by atoms with E-state index in [1.165, 1.54) is 11.3 Å². The van der Waals surface area contributed by atoms with Crippen LogP contribution in [-0.2, 0) is 0 Å². The van der Waals surface area contributed by atoms with Crippen molar-refractivity contribution in [3.8, 4) is 0 Å². The molecule has 3 heteroatoms. The van der Waals surface area contributed by atoms with Gasteiger partial charge in [0.05, 0.1) is 32.3 Å². The zero-order chi connectivity index (χ0) is 12.1. The molecule has 0 radical (unpaired) electrons. The predicted octanol–water partition coefficient (Wildman–Crippen LogP) is 0.889. The number of quaternary nitrogens is 1. The number of rotatable bonds is 2. The molecule has 0 amide bonds. The van der Waals surface area contributed by atoms with Gasteiger partial charge in [-0.15, -0.1) is 0 Å². The standard InChI is InChI=1S/C13H24N2O/c1-8-9-6-11(13(8,2)3)10(7-15(4)5)12(9)14-16/h8-11,16H,6-7H2,1-5H3/p+1. The smallest absolute Gasteiger partial charge is 0.0852 e. The lowest BCUT2D eigenvalue weighted by molar-refractivity contribution is -0.861. The van der Waals surface area contributed by atoms with Crippen molar-refractivity contribution < 1.29 is 10.1 Å². The SMILES string of the molecule is CC1C2CC(C(C[NH+](C)C)C2=NO)C1(C)C. The zero-order valence-electron chi connectivity index (χ0n) is 11.1. The van der Waals surface area contributed by atoms with Crippen LogP contribution in [0.4, 0.5) is 0 Å². The summed E-state index contributed by atoms with van der Waals surface area (Å²) in [6, 6.07) is 0. The van der Waals surface area contributed by atoms with Gasteiger partial charge in [-0.3, -0.25) is 0 Å². The third kappa shape index (κ3) is 1.48. The number of nitrogens with one attached hydrogen (secondary N) is 1. The molecule has 0 aromatic heterocycles. The summed E-state index contributed by atoms with van der Waals surface area (Å²) in [6.45, 7) is 8.17. The summed E-state index contributed by atoms with van der Waals surface area (Å²) in [6.07, 6.45) is 1.23. The first-order valence-electron chi connectivity index (χ1n) is 6.40. The van der Waals surface area contributed by atoms with Crippen LogP contribution in [0.25, 0.3) is 0 Å². The van der Waals surface area contributed by atoms with Crippen LogP contribution in [0.15, 0.2) is 5.16 Å². The number of nitrogens with zero attached hydrogens (tertiary/aromatic N) is 1. The second kappa shape index (κ2) is 3.73. The summed E-state index contributed by atoms with van der Waals surface area (Å²) in [5.74, 6) is 2.37. The van der Waals surface area contributed by atoms with Gasteiger partial charge in [-0.05, 0) is 23.7 Å². The van der Waals surface area contributed by atoms with E-state index in [4.69, 9.17) is 0 Å². The second-order valence-electron chi connectivity index (χ2n) is 6.60. The number of fused-ring (bicyclic) bond motifs is 2. The molecule has 16 heavy (non-hydrogen) atoms. The lowest BCUT2D eigenvalue weighted by Gasteiger charge is -2.40. The van der Waals surface area contributed by atoms with E-state index in [9.17, 15) is 5.21 Å². The minimum Gasteiger partial charge on any atom is -0.411 e. The molecular formula is C13H25N2O+. The van der Waals surface area contributed by atoms with Crippen molar-refractivity contribution in [3.05, 3.63) is 0 Å². The molecule has 4 atom stereocenters. The monoisotopic (exact) mass is 225 g/mol. The lowest BCUT2D eigenvalue weighted by atomic mass is 9.64. The second-order valence-corrected chi connectivity index (χ2v) is 6.60. The predicted molar refractivity (Wildman–Crippen MR) is 64.9 cm³/mol. The van der Waals surface area contributed by atoms with Crippen molar-refractivity contribution in [3.63, 3.8) is 0 Å². The van der Waals surface area contributed by atoms with Crippen molar-refractivity contribution in [2.45, 2.75) is 27.2 Å². The highest BCUT2D eigenvalue weighted by molar-refractivity contribution is 5.92. The Hall–Kier alpha value is -0.570. The van der Waals surface area contributed by atoms with Gasteiger partial charge in [-0.1, -0.05) is 25.9 Å². The Labute approximate surface area is 98.5 Å². The van der Waals surface area contributed by atoms with Gasteiger partial charge in [0, 0.05) is 5.92 Å². The van der Waals surface area contributed by atoms with Crippen LogP contribution in [-0.4, -0.2) is 31.6 Å². The first kappa shape index (κ1) is 11.9. The number of oxime groups is 1. The molecule has 2 N–H and O–H groups in total. The fourth-order valence-electron chi connectivity index (χ4n) is 4.01. The molecule has 2 aliphatic carbocycles. The Kier molecular flexibility index (Phi) is 2.77. The molecule has 2 aliphatic rings. The van der Waals surface area contributed by atoms with Gasteiger partial charge >= 0.3 is 0 Å². The Morgan fingerprint density at radius 1 is 1.44 bits per heavy atom. The van der Waals surface area contributed by atoms with Crippen LogP contribution in [0.2, 0.25) is 0 Å². The molecule has 2 bridgehead atoms. The van der Waals surface area contributed by atoms with Crippen molar-refractivity contribution in [2.75, 3.05) is 20.6 Å². The van der Waals surface area contributed by atoms with Gasteiger partial charge in [0.2, 0.25) is 0 Å². The molecule has 2 fully saturated rings. The van der Waals surface area contributed by atoms with E-state index in [1.54, 1.807) is 0 Å². The van der Waals surface area contributed by atoms with Gasteiger partial charge < -0.3 is 10.1 Å². The van der Waals surface area contributed by atoms with Crippen molar-refractivity contribution in [2.24, 2.45) is 34.2 Å². The van der Waals surface area contributed by atoms with Crippen LogP contribution in [0, 0.1) is 29.1 Å². The summed E-state index contributed by atoms with van der Waals surface area (Å²) in [5, 5.41) is 12.9. The summed E-state index contributed by atoms with van der Waals surface area (Å²) in [5.41, 5.74) is 1.48. The van der Waals surface area contributed by atoms with Gasteiger partial charge in [-0.25, -0.2) is 0 Å². The molecule has 2 saturated carbocycles. The average Bonchev–Trinajstić information content (AvgIpc) is 2.63. The molecular weight excluding hydrogens is 200 g/mol. The van der Waals surface area contributed by atoms with Crippen LogP contribution in [0.1, 0.15) is 27.2 Å². The summed E-state index contributed by atoms with van der Waals surface area (Å²) >= 11 is 0. The third-order valence-corrected chi connectivity index (χ3v) is 5.23. The third-order valence-electron chi connectivity index (χ3n) is 5.23. The minimum absolute atomic E-state index is 0.402. The van der Waals surface area contributed by atoms with E-state index in [2.05, 4.69) is 40.0 Å². The first-order valence-corrected chi connectivity index (χ1v) is 6.40. The van der Waals surface area contributed by atoms with Crippen LogP contribution >= 0.6 is 0 Å². The molecule has 0 heterocycles. The lowest BCUT2D eigenvalue weighted by Crippen LogP contribution is -3.06. The van der Waals surface area contributed by atoms with E-state index < -0.39 is 0 Å². The molecule has 3 nitrogen and oxygen atoms in total. The van der Waals surface area contributed by atoms with Crippen molar-refractivity contribution in [1.82, 2.24) is 0 Å². The van der Waals surface area contributed by atoms with E-state index in [0.29, 0.717) is 29.1 Å². The van der Waals surface area contributed by atoms with Crippen molar-refractivity contribution >= 4 is 5.71 Å². The van der Waals surface area contributed by atoms with E-state index in [0.717, 1.165) is 12.3 Å². The highest BCUT2D eigenvalue weighted by atomic mass is 16.4. The Bertz CT molecular complexity index is 309. The molecule has 0 spiro atoms. The molecule has 0 saturated heterocycles. The average molecular weight is 225 g/mol. The molecule has 0 aliphatic heterocycles. The molecule has 92 valence electrons. The highest BCUT2D eigenvalue weighted by Crippen LogP contribution is 2.59. The maximum absolute atomic E-state index is 9.24. The summed E-state index contributed by atoms with van der Waals surface area (Å²) < 4.78 is 0. The Morgan fingerprint density at radius 3 is 2.56 bits per heavy atom. The fourth-order valence-corrected chi connectivity index (χ4v) is 4.01. The maximum Gasteiger partial charge on any atom is 0.0852 e. The molecule has 4 unspecified atom stereocenters. The Balaban J connectivity index is 2.27. The maximum atomic E-state index is 9.24. The van der Waals surface area contributed by atoms with E-state index in [-0.39, 0.29) is 0 Å². The van der Waals surface area contributed by atoms with Gasteiger partial charge in [0.15, 0.2) is 0 Å². The fraction of sp³-hybridized carbons (Fsp3) is 0.923. The Morgan fingerprint density at radius 2 is 2.06 bits per heavy atom. The quantitative estimate of drug-likeness (QED) is 0.531. The largest absolute Gasteiger partial charge is 0.411 e. The van der Waals surface area contributed by atoms with Crippen LogP contribution in [0.5, 0.6) is 0 Å². The summed E-state index contributed by atoms with van der Waals surface area (Å²) in [4.78, 5) is 1.45. The van der Waals surface area contributed by atoms with Gasteiger partial charge in [-0.2, -0.15) is 0 Å². The van der Waals surface area contributed by atoms with Crippen LogP contribution in [0.3, 0.4) is 0 Å². The number of hydrogen-bond acceptors (Lipinski definition) is 2. The topological polar surface area (TPSA) is 37.0 Å². The minimum atomic E-state index is 0.402. The van der Waals surface area contributed by atoms with Gasteiger partial charge in [0.1, 0.15) is 0 Å². The van der Waals surface area contributed by atoms with E-state index >= 15 is 0 Å². The van der Waals surface area contributed by atoms with Gasteiger partial charge in [0.25, 0.3) is 0 Å². The summed E-state index contributed by atoms with van der Waals surface area (Å²) in [7, 11) is 4.36.